The van der Waals surface area contributed by atoms with E-state index in [2.05, 4.69) is 10.4 Å². The van der Waals surface area contributed by atoms with Gasteiger partial charge in [-0.3, -0.25) is 14.3 Å². The minimum atomic E-state index is -4.50. The van der Waals surface area contributed by atoms with Gasteiger partial charge in [0.05, 0.1) is 28.3 Å². The number of rotatable bonds is 4. The molecule has 1 aliphatic heterocycles. The Hall–Kier alpha value is -3.67. The Morgan fingerprint density at radius 1 is 1.09 bits per heavy atom. The van der Waals surface area contributed by atoms with Crippen molar-refractivity contribution in [3.8, 4) is 0 Å². The summed E-state index contributed by atoms with van der Waals surface area (Å²) in [5.74, 6) is -1.24. The van der Waals surface area contributed by atoms with Crippen LogP contribution in [0.4, 0.5) is 24.5 Å². The summed E-state index contributed by atoms with van der Waals surface area (Å²) < 4.78 is 63.6. The van der Waals surface area contributed by atoms with Crippen LogP contribution in [0.15, 0.2) is 53.4 Å². The van der Waals surface area contributed by atoms with Gasteiger partial charge in [-0.05, 0) is 49.4 Å². The number of benzene rings is 2. The third-order valence-corrected chi connectivity index (χ3v) is 6.47. The average molecular weight is 492 g/mol. The molecule has 4 rings (SSSR count). The smallest absolute Gasteiger partial charge is 0.322 e. The van der Waals surface area contributed by atoms with Gasteiger partial charge in [0.2, 0.25) is 0 Å². The summed E-state index contributed by atoms with van der Waals surface area (Å²) in [5.41, 5.74) is -0.0652. The van der Waals surface area contributed by atoms with Crippen LogP contribution >= 0.6 is 0 Å². The zero-order chi connectivity index (χ0) is 24.8. The molecule has 1 aliphatic rings. The Bertz CT molecular complexity index is 1400. The van der Waals surface area contributed by atoms with Gasteiger partial charge in [-0.2, -0.15) is 18.3 Å². The molecule has 2 aromatic carbocycles. The minimum absolute atomic E-state index is 0.000385. The highest BCUT2D eigenvalue weighted by atomic mass is 32.2. The van der Waals surface area contributed by atoms with Crippen LogP contribution < -0.4 is 10.2 Å². The Balaban J connectivity index is 1.64. The van der Waals surface area contributed by atoms with Gasteiger partial charge >= 0.3 is 6.18 Å². The normalized spacial score (nSPS) is 14.1. The molecule has 2 heterocycles. The number of fused-ring (bicyclic) bond motifs is 1. The van der Waals surface area contributed by atoms with Crippen molar-refractivity contribution in [2.45, 2.75) is 24.5 Å². The zero-order valence-corrected chi connectivity index (χ0v) is 18.9. The van der Waals surface area contributed by atoms with Crippen LogP contribution in [0.5, 0.6) is 0 Å². The minimum Gasteiger partial charge on any atom is -0.322 e. The monoisotopic (exact) mass is 492 g/mol. The summed E-state index contributed by atoms with van der Waals surface area (Å²) in [6.07, 6.45) is -3.46. The second kappa shape index (κ2) is 8.28. The van der Waals surface area contributed by atoms with Crippen molar-refractivity contribution in [1.82, 2.24) is 9.78 Å². The molecule has 8 nitrogen and oxygen atoms in total. The summed E-state index contributed by atoms with van der Waals surface area (Å²) in [5, 5.41) is 6.85. The molecule has 0 bridgehead atoms. The second-order valence-electron chi connectivity index (χ2n) is 7.79. The molecule has 34 heavy (non-hydrogen) atoms. The maximum atomic E-state index is 13.3. The lowest BCUT2D eigenvalue weighted by Crippen LogP contribution is -2.41. The van der Waals surface area contributed by atoms with Crippen molar-refractivity contribution in [3.05, 3.63) is 71.0 Å². The number of hydrogen-bond donors (Lipinski definition) is 1. The highest BCUT2D eigenvalue weighted by Crippen LogP contribution is 2.32. The van der Waals surface area contributed by atoms with Crippen LogP contribution in [0, 0.1) is 6.92 Å². The Morgan fingerprint density at radius 2 is 1.76 bits per heavy atom. The Morgan fingerprint density at radius 3 is 2.38 bits per heavy atom. The maximum absolute atomic E-state index is 13.3. The molecule has 1 N–H and O–H groups in total. The zero-order valence-electron chi connectivity index (χ0n) is 18.0. The van der Waals surface area contributed by atoms with E-state index in [0.29, 0.717) is 0 Å². The van der Waals surface area contributed by atoms with E-state index in [1.165, 1.54) is 46.0 Å². The molecule has 3 aromatic rings. The van der Waals surface area contributed by atoms with E-state index >= 15 is 0 Å². The van der Waals surface area contributed by atoms with Gasteiger partial charge in [0.15, 0.2) is 9.84 Å². The van der Waals surface area contributed by atoms with E-state index in [-0.39, 0.29) is 46.3 Å². The molecular formula is C22H19F3N4O4S. The number of hydrogen-bond acceptors (Lipinski definition) is 5. The number of aromatic nitrogens is 2. The summed E-state index contributed by atoms with van der Waals surface area (Å²) in [7, 11) is -3.50. The third kappa shape index (κ3) is 4.40. The first kappa shape index (κ1) is 23.5. The van der Waals surface area contributed by atoms with Gasteiger partial charge in [0, 0.05) is 24.2 Å². The van der Waals surface area contributed by atoms with E-state index in [4.69, 9.17) is 0 Å². The molecule has 0 unspecified atom stereocenters. The number of sulfone groups is 1. The fourth-order valence-corrected chi connectivity index (χ4v) is 4.40. The SMILES string of the molecule is Cc1nn2c(c1C(=O)Nc1cccc(S(C)(=O)=O)c1)C(=O)N(c1ccc(C(F)(F)F)cc1)CC2. The van der Waals surface area contributed by atoms with E-state index in [9.17, 15) is 31.2 Å². The molecule has 0 saturated carbocycles. The van der Waals surface area contributed by atoms with Crippen LogP contribution in [0.3, 0.4) is 0 Å². The van der Waals surface area contributed by atoms with E-state index in [0.717, 1.165) is 18.4 Å². The Labute approximate surface area is 192 Å². The first-order chi connectivity index (χ1) is 15.9. The summed E-state index contributed by atoms with van der Waals surface area (Å²) >= 11 is 0. The molecule has 12 heteroatoms. The molecule has 178 valence electrons. The molecule has 2 amide bonds. The first-order valence-electron chi connectivity index (χ1n) is 10.0. The molecule has 0 spiro atoms. The number of aryl methyl sites for hydroxylation is 1. The van der Waals surface area contributed by atoms with Gasteiger partial charge < -0.3 is 10.2 Å². The van der Waals surface area contributed by atoms with Gasteiger partial charge in [-0.25, -0.2) is 8.42 Å². The lowest BCUT2D eigenvalue weighted by atomic mass is 10.1. The number of anilines is 2. The van der Waals surface area contributed by atoms with Crippen molar-refractivity contribution in [2.75, 3.05) is 23.0 Å². The van der Waals surface area contributed by atoms with Crippen LogP contribution in [-0.2, 0) is 22.6 Å². The third-order valence-electron chi connectivity index (χ3n) is 5.36. The fraction of sp³-hybridized carbons (Fsp3) is 0.227. The van der Waals surface area contributed by atoms with E-state index in [1.807, 2.05) is 0 Å². The molecule has 0 saturated heterocycles. The largest absolute Gasteiger partial charge is 0.416 e. The van der Waals surface area contributed by atoms with Crippen LogP contribution in [0.2, 0.25) is 0 Å². The van der Waals surface area contributed by atoms with Crippen LogP contribution in [-0.4, -0.2) is 42.8 Å². The van der Waals surface area contributed by atoms with Crippen molar-refractivity contribution >= 4 is 33.0 Å². The lowest BCUT2D eigenvalue weighted by molar-refractivity contribution is -0.137. The first-order valence-corrected chi connectivity index (χ1v) is 11.9. The number of nitrogens with one attached hydrogen (secondary N) is 1. The lowest BCUT2D eigenvalue weighted by Gasteiger charge is -2.28. The predicted octanol–water partition coefficient (Wildman–Crippen LogP) is 3.53. The second-order valence-corrected chi connectivity index (χ2v) is 9.80. The van der Waals surface area contributed by atoms with Crippen LogP contribution in [0.25, 0.3) is 0 Å². The molecular weight excluding hydrogens is 473 g/mol. The molecule has 0 atom stereocenters. The van der Waals surface area contributed by atoms with E-state index in [1.54, 1.807) is 6.92 Å². The van der Waals surface area contributed by atoms with Gasteiger partial charge in [-0.1, -0.05) is 6.07 Å². The number of carbonyl (C=O) groups excluding carboxylic acids is 2. The summed E-state index contributed by atoms with van der Waals surface area (Å²) in [6.45, 7) is 1.96. The average Bonchev–Trinajstić information content (AvgIpc) is 3.10. The molecule has 0 aliphatic carbocycles. The molecule has 1 aromatic heterocycles. The number of amides is 2. The van der Waals surface area contributed by atoms with Crippen molar-refractivity contribution in [3.63, 3.8) is 0 Å². The predicted molar refractivity (Wildman–Crippen MR) is 118 cm³/mol. The molecule has 0 radical (unpaired) electrons. The number of alkyl halides is 3. The maximum Gasteiger partial charge on any atom is 0.416 e. The highest BCUT2D eigenvalue weighted by Gasteiger charge is 2.35. The standard InChI is InChI=1S/C22H19F3N4O4S/c1-13-18(20(30)26-15-4-3-5-17(12-15)34(2,32)33)19-21(31)28(10-11-29(19)27-13)16-8-6-14(7-9-16)22(23,24)25/h3-9,12H,10-11H2,1-2H3,(H,26,30). The molecule has 0 fully saturated rings. The van der Waals surface area contributed by atoms with Crippen molar-refractivity contribution < 1.29 is 31.2 Å². The van der Waals surface area contributed by atoms with Crippen LogP contribution in [0.1, 0.15) is 32.1 Å². The highest BCUT2D eigenvalue weighted by molar-refractivity contribution is 7.90. The van der Waals surface area contributed by atoms with Gasteiger partial charge in [0.1, 0.15) is 5.69 Å². The summed E-state index contributed by atoms with van der Waals surface area (Å²) in [6, 6.07) is 9.87. The van der Waals surface area contributed by atoms with Gasteiger partial charge in [0.25, 0.3) is 11.8 Å². The van der Waals surface area contributed by atoms with E-state index < -0.39 is 33.4 Å². The van der Waals surface area contributed by atoms with Gasteiger partial charge in [-0.15, -0.1) is 0 Å². The number of carbonyl (C=O) groups is 2. The van der Waals surface area contributed by atoms with Crippen molar-refractivity contribution in [1.29, 1.82) is 0 Å². The number of nitrogens with zero attached hydrogens (tertiary/aromatic N) is 3. The number of halogens is 3. The fourth-order valence-electron chi connectivity index (χ4n) is 3.73. The quantitative estimate of drug-likeness (QED) is 0.601. The summed E-state index contributed by atoms with van der Waals surface area (Å²) in [4.78, 5) is 27.6. The van der Waals surface area contributed by atoms with Crippen molar-refractivity contribution in [2.24, 2.45) is 0 Å². The topological polar surface area (TPSA) is 101 Å². The Kier molecular flexibility index (Phi) is 5.72.